The van der Waals surface area contributed by atoms with Crippen LogP contribution >= 0.6 is 0 Å². The monoisotopic (exact) mass is 341 g/mol. The molecule has 25 heavy (non-hydrogen) atoms. The van der Waals surface area contributed by atoms with Gasteiger partial charge >= 0.3 is 0 Å². The second-order valence-electron chi connectivity index (χ2n) is 5.76. The first-order valence-corrected chi connectivity index (χ1v) is 8.76. The van der Waals surface area contributed by atoms with Gasteiger partial charge in [0.25, 0.3) is 0 Å². The highest BCUT2D eigenvalue weighted by molar-refractivity contribution is 5.41. The number of ether oxygens (including phenoxy) is 2. The molecule has 4 nitrogen and oxygen atoms in total. The molecule has 1 aliphatic heterocycles. The molecule has 1 heterocycles. The van der Waals surface area contributed by atoms with Crippen LogP contribution in [0.5, 0.6) is 11.5 Å². The van der Waals surface area contributed by atoms with Crippen molar-refractivity contribution in [1.29, 1.82) is 0 Å². The van der Waals surface area contributed by atoms with Crippen LogP contribution in [0.15, 0.2) is 72.7 Å². The van der Waals surface area contributed by atoms with Gasteiger partial charge in [0.15, 0.2) is 23.4 Å². The van der Waals surface area contributed by atoms with Gasteiger partial charge in [-0.1, -0.05) is 62.8 Å². The molecule has 4 heteroatoms. The maximum atomic E-state index is 10.1. The summed E-state index contributed by atoms with van der Waals surface area (Å²) in [6.07, 6.45) is 12.3. The maximum absolute atomic E-state index is 10.1. The predicted octanol–water partition coefficient (Wildman–Crippen LogP) is 4.46. The van der Waals surface area contributed by atoms with Gasteiger partial charge in [-0.2, -0.15) is 0 Å². The molecule has 1 unspecified atom stereocenters. The van der Waals surface area contributed by atoms with Crippen molar-refractivity contribution in [2.24, 2.45) is 0 Å². The van der Waals surface area contributed by atoms with Gasteiger partial charge in [-0.25, -0.2) is 0 Å². The van der Waals surface area contributed by atoms with Gasteiger partial charge in [-0.3, -0.25) is 0 Å². The molecule has 134 valence electrons. The van der Waals surface area contributed by atoms with E-state index in [1.54, 1.807) is 24.3 Å². The highest BCUT2D eigenvalue weighted by atomic mass is 16.5. The molecule has 1 aromatic rings. The fourth-order valence-corrected chi connectivity index (χ4v) is 2.48. The lowest BCUT2D eigenvalue weighted by atomic mass is 10.0. The Morgan fingerprint density at radius 1 is 1.44 bits per heavy atom. The summed E-state index contributed by atoms with van der Waals surface area (Å²) in [5.74, 6) is 1.24. The van der Waals surface area contributed by atoms with Crippen LogP contribution in [-0.2, 0) is 4.74 Å². The Morgan fingerprint density at radius 3 is 2.96 bits per heavy atom. The molecule has 1 atom stereocenters. The van der Waals surface area contributed by atoms with Gasteiger partial charge in [0.05, 0.1) is 0 Å². The quantitative estimate of drug-likeness (QED) is 0.514. The number of aromatic hydroxyl groups is 1. The van der Waals surface area contributed by atoms with Crippen LogP contribution in [0, 0.1) is 0 Å². The number of nitrogens with one attached hydrogen (secondary N) is 1. The summed E-state index contributed by atoms with van der Waals surface area (Å²) < 4.78 is 11.9. The van der Waals surface area contributed by atoms with Crippen molar-refractivity contribution in [1.82, 2.24) is 5.32 Å². The van der Waals surface area contributed by atoms with Crippen LogP contribution in [0.25, 0.3) is 0 Å². The van der Waals surface area contributed by atoms with Gasteiger partial charge in [-0.05, 0) is 24.1 Å². The Hall–Kier alpha value is -2.62. The average molecular weight is 341 g/mol. The van der Waals surface area contributed by atoms with E-state index < -0.39 is 6.10 Å². The van der Waals surface area contributed by atoms with Crippen LogP contribution in [0.1, 0.15) is 26.2 Å². The van der Waals surface area contributed by atoms with E-state index in [1.165, 1.54) is 0 Å². The minimum absolute atomic E-state index is 0.109. The minimum Gasteiger partial charge on any atom is -0.504 e. The Kier molecular flexibility index (Phi) is 7.70. The number of para-hydroxylation sites is 2. The highest BCUT2D eigenvalue weighted by Crippen LogP contribution is 2.30. The van der Waals surface area contributed by atoms with E-state index in [0.29, 0.717) is 18.1 Å². The molecule has 2 N–H and O–H groups in total. The topological polar surface area (TPSA) is 50.7 Å². The molecule has 0 saturated heterocycles. The summed E-state index contributed by atoms with van der Waals surface area (Å²) in [6.45, 7) is 7.26. The highest BCUT2D eigenvalue weighted by Gasteiger charge is 2.24. The molecule has 1 aromatic carbocycles. The van der Waals surface area contributed by atoms with Crippen molar-refractivity contribution in [3.05, 3.63) is 72.7 Å². The Morgan fingerprint density at radius 2 is 2.28 bits per heavy atom. The number of phenols is 1. The van der Waals surface area contributed by atoms with E-state index in [-0.39, 0.29) is 5.75 Å². The Labute approximate surface area is 150 Å². The zero-order valence-corrected chi connectivity index (χ0v) is 14.8. The fourth-order valence-electron chi connectivity index (χ4n) is 2.48. The number of rotatable bonds is 9. The zero-order chi connectivity index (χ0) is 17.9. The SMILES string of the molecule is C=C/C=C\C(=C/CCCC)C(Oc1ccccc1O)C1=CNCCO1. The Balaban J connectivity index is 2.34. The summed E-state index contributed by atoms with van der Waals surface area (Å²) in [6, 6.07) is 6.96. The molecule has 0 saturated carbocycles. The molecule has 2 rings (SSSR count). The molecular weight excluding hydrogens is 314 g/mol. The maximum Gasteiger partial charge on any atom is 0.182 e. The molecule has 1 aliphatic rings. The van der Waals surface area contributed by atoms with Crippen LogP contribution in [-0.4, -0.2) is 24.4 Å². The summed E-state index contributed by atoms with van der Waals surface area (Å²) in [4.78, 5) is 0. The van der Waals surface area contributed by atoms with Crippen molar-refractivity contribution in [2.45, 2.75) is 32.3 Å². The molecule has 0 radical (unpaired) electrons. The molecular formula is C21H27NO3. The standard InChI is InChI=1S/C21H27NO3/c1-3-5-7-11-17(10-6-4-2)21(20-16-22-14-15-24-20)25-19-13-9-8-12-18(19)23/h4,6,8-13,16,21-23H,2-3,5,7,14-15H2,1H3/b10-6-,17-11+. The Bertz CT molecular complexity index is 646. The molecule has 0 aromatic heterocycles. The van der Waals surface area contributed by atoms with E-state index >= 15 is 0 Å². The molecule has 0 aliphatic carbocycles. The third kappa shape index (κ3) is 5.75. The van der Waals surface area contributed by atoms with Crippen LogP contribution in [0.3, 0.4) is 0 Å². The number of phenolic OH excluding ortho intramolecular Hbond substituents is 1. The van der Waals surface area contributed by atoms with E-state index in [9.17, 15) is 5.11 Å². The predicted molar refractivity (Wildman–Crippen MR) is 102 cm³/mol. The average Bonchev–Trinajstić information content (AvgIpc) is 2.65. The smallest absolute Gasteiger partial charge is 0.182 e. The van der Waals surface area contributed by atoms with E-state index in [1.807, 2.05) is 24.4 Å². The molecule has 0 spiro atoms. The van der Waals surface area contributed by atoms with Crippen molar-refractivity contribution >= 4 is 0 Å². The van der Waals surface area contributed by atoms with E-state index in [2.05, 4.69) is 24.9 Å². The third-order valence-corrected chi connectivity index (χ3v) is 3.79. The lowest BCUT2D eigenvalue weighted by Gasteiger charge is -2.26. The van der Waals surface area contributed by atoms with Crippen molar-refractivity contribution in [3.63, 3.8) is 0 Å². The minimum atomic E-state index is -0.436. The number of unbranched alkanes of at least 4 members (excludes halogenated alkanes) is 2. The van der Waals surface area contributed by atoms with E-state index in [0.717, 1.165) is 31.4 Å². The second kappa shape index (κ2) is 10.3. The van der Waals surface area contributed by atoms with Crippen molar-refractivity contribution in [3.8, 4) is 11.5 Å². The summed E-state index contributed by atoms with van der Waals surface area (Å²) >= 11 is 0. The van der Waals surface area contributed by atoms with Crippen molar-refractivity contribution in [2.75, 3.05) is 13.2 Å². The first-order valence-electron chi connectivity index (χ1n) is 8.76. The van der Waals surface area contributed by atoms with Crippen LogP contribution in [0.4, 0.5) is 0 Å². The fraction of sp³-hybridized carbons (Fsp3) is 0.333. The summed E-state index contributed by atoms with van der Waals surface area (Å²) in [5.41, 5.74) is 0.978. The first kappa shape index (κ1) is 18.7. The summed E-state index contributed by atoms with van der Waals surface area (Å²) in [5, 5.41) is 13.3. The number of benzene rings is 1. The molecule has 0 bridgehead atoms. The van der Waals surface area contributed by atoms with Gasteiger partial charge in [0, 0.05) is 12.7 Å². The van der Waals surface area contributed by atoms with Gasteiger partial charge < -0.3 is 19.9 Å². The zero-order valence-electron chi connectivity index (χ0n) is 14.8. The third-order valence-electron chi connectivity index (χ3n) is 3.79. The van der Waals surface area contributed by atoms with Crippen LogP contribution in [0.2, 0.25) is 0 Å². The van der Waals surface area contributed by atoms with E-state index in [4.69, 9.17) is 9.47 Å². The van der Waals surface area contributed by atoms with Gasteiger partial charge in [0.1, 0.15) is 6.61 Å². The van der Waals surface area contributed by atoms with Gasteiger partial charge in [0.2, 0.25) is 0 Å². The molecule has 0 fully saturated rings. The van der Waals surface area contributed by atoms with Crippen molar-refractivity contribution < 1.29 is 14.6 Å². The second-order valence-corrected chi connectivity index (χ2v) is 5.76. The largest absolute Gasteiger partial charge is 0.504 e. The summed E-state index contributed by atoms with van der Waals surface area (Å²) in [7, 11) is 0. The number of hydrogen-bond donors (Lipinski definition) is 2. The lowest BCUT2D eigenvalue weighted by Crippen LogP contribution is -2.30. The van der Waals surface area contributed by atoms with Gasteiger partial charge in [-0.15, -0.1) is 0 Å². The van der Waals surface area contributed by atoms with Crippen LogP contribution < -0.4 is 10.1 Å². The number of allylic oxidation sites excluding steroid dienone is 3. The number of hydrogen-bond acceptors (Lipinski definition) is 4. The molecule has 0 amide bonds. The first-order chi connectivity index (χ1) is 12.3. The normalized spacial score (nSPS) is 15.9. The lowest BCUT2D eigenvalue weighted by molar-refractivity contribution is 0.123.